The highest BCUT2D eigenvalue weighted by Gasteiger charge is 2.15. The number of ether oxygens (including phenoxy) is 1. The van der Waals surface area contributed by atoms with Crippen LogP contribution in [0.15, 0.2) is 48.5 Å². The molecule has 2 aromatic carbocycles. The van der Waals surface area contributed by atoms with Gasteiger partial charge in [-0.05, 0) is 36.4 Å². The number of para-hydroxylation sites is 1. The predicted octanol–water partition coefficient (Wildman–Crippen LogP) is 1.58. The predicted molar refractivity (Wildman–Crippen MR) is 105 cm³/mol. The molecule has 2 amide bonds. The van der Waals surface area contributed by atoms with Crippen molar-refractivity contribution in [3.8, 4) is 0 Å². The van der Waals surface area contributed by atoms with Crippen LogP contribution >= 0.6 is 0 Å². The van der Waals surface area contributed by atoms with Crippen molar-refractivity contribution in [2.45, 2.75) is 0 Å². The van der Waals surface area contributed by atoms with Gasteiger partial charge in [0.25, 0.3) is 11.8 Å². The highest BCUT2D eigenvalue weighted by atomic mass is 16.5. The van der Waals surface area contributed by atoms with Crippen LogP contribution in [-0.4, -0.2) is 56.1 Å². The third-order valence-electron chi connectivity index (χ3n) is 4.41. The monoisotopic (exact) mass is 368 g/mol. The molecule has 1 heterocycles. The fourth-order valence-corrected chi connectivity index (χ4v) is 2.87. The van der Waals surface area contributed by atoms with Crippen LogP contribution in [0.3, 0.4) is 0 Å². The van der Waals surface area contributed by atoms with E-state index < -0.39 is 0 Å². The number of nitrogens with two attached hydrogens (primary N) is 1. The van der Waals surface area contributed by atoms with E-state index in [-0.39, 0.29) is 11.8 Å². The van der Waals surface area contributed by atoms with E-state index in [1.807, 2.05) is 0 Å². The Morgan fingerprint density at radius 2 is 1.70 bits per heavy atom. The summed E-state index contributed by atoms with van der Waals surface area (Å²) in [5.41, 5.74) is 7.63. The number of hydrogen-bond donors (Lipinski definition) is 3. The van der Waals surface area contributed by atoms with E-state index in [0.29, 0.717) is 29.0 Å². The van der Waals surface area contributed by atoms with Crippen molar-refractivity contribution in [2.24, 2.45) is 0 Å². The second-order valence-corrected chi connectivity index (χ2v) is 6.33. The summed E-state index contributed by atoms with van der Waals surface area (Å²) in [7, 11) is 0. The van der Waals surface area contributed by atoms with Crippen molar-refractivity contribution in [3.05, 3.63) is 59.7 Å². The zero-order chi connectivity index (χ0) is 19.1. The van der Waals surface area contributed by atoms with Crippen LogP contribution in [0.5, 0.6) is 0 Å². The van der Waals surface area contributed by atoms with Crippen LogP contribution in [0, 0.1) is 0 Å². The average molecular weight is 368 g/mol. The molecule has 0 radical (unpaired) electrons. The number of nitrogens with zero attached hydrogens (tertiary/aromatic N) is 1. The van der Waals surface area contributed by atoms with E-state index >= 15 is 0 Å². The van der Waals surface area contributed by atoms with Gasteiger partial charge in [0, 0.05) is 37.4 Å². The Morgan fingerprint density at radius 3 is 2.44 bits per heavy atom. The van der Waals surface area contributed by atoms with E-state index in [4.69, 9.17) is 10.5 Å². The summed E-state index contributed by atoms with van der Waals surface area (Å²) in [5.74, 6) is -0.500. The molecule has 0 unspecified atom stereocenters. The number of amides is 2. The Balaban J connectivity index is 1.59. The minimum absolute atomic E-state index is 0.212. The minimum Gasteiger partial charge on any atom is -0.399 e. The number of rotatable bonds is 6. The second kappa shape index (κ2) is 9.16. The van der Waals surface area contributed by atoms with Crippen molar-refractivity contribution in [1.29, 1.82) is 0 Å². The maximum absolute atomic E-state index is 12.5. The number of benzene rings is 2. The topological polar surface area (TPSA) is 96.7 Å². The van der Waals surface area contributed by atoms with E-state index in [0.717, 1.165) is 32.8 Å². The molecule has 0 saturated carbocycles. The average Bonchev–Trinajstić information content (AvgIpc) is 2.69. The van der Waals surface area contributed by atoms with Gasteiger partial charge in [-0.3, -0.25) is 14.5 Å². The summed E-state index contributed by atoms with van der Waals surface area (Å²) >= 11 is 0. The van der Waals surface area contributed by atoms with Crippen molar-refractivity contribution < 1.29 is 14.3 Å². The maximum Gasteiger partial charge on any atom is 0.255 e. The molecule has 0 bridgehead atoms. The van der Waals surface area contributed by atoms with E-state index in [1.165, 1.54) is 0 Å². The third kappa shape index (κ3) is 5.29. The van der Waals surface area contributed by atoms with Gasteiger partial charge >= 0.3 is 0 Å². The number of hydrogen-bond acceptors (Lipinski definition) is 5. The SMILES string of the molecule is Nc1ccc(C(=O)Nc2ccccc2C(=O)NCCN2CCOCC2)cc1. The number of morpholine rings is 1. The molecule has 1 fully saturated rings. The highest BCUT2D eigenvalue weighted by Crippen LogP contribution is 2.17. The molecular weight excluding hydrogens is 344 g/mol. The number of nitrogen functional groups attached to an aromatic ring is 1. The fourth-order valence-electron chi connectivity index (χ4n) is 2.87. The van der Waals surface area contributed by atoms with Crippen LogP contribution in [0.25, 0.3) is 0 Å². The first kappa shape index (κ1) is 18.9. The largest absolute Gasteiger partial charge is 0.399 e. The zero-order valence-electron chi connectivity index (χ0n) is 15.1. The number of anilines is 2. The van der Waals surface area contributed by atoms with Gasteiger partial charge in [0.15, 0.2) is 0 Å². The Morgan fingerprint density at radius 1 is 1.00 bits per heavy atom. The molecule has 0 aromatic heterocycles. The second-order valence-electron chi connectivity index (χ2n) is 6.33. The van der Waals surface area contributed by atoms with E-state index in [2.05, 4.69) is 15.5 Å². The molecule has 142 valence electrons. The molecule has 0 atom stereocenters. The van der Waals surface area contributed by atoms with Crippen LogP contribution in [0.1, 0.15) is 20.7 Å². The first-order valence-corrected chi connectivity index (χ1v) is 8.98. The zero-order valence-corrected chi connectivity index (χ0v) is 15.1. The van der Waals surface area contributed by atoms with Gasteiger partial charge in [-0.25, -0.2) is 0 Å². The molecule has 3 rings (SSSR count). The van der Waals surface area contributed by atoms with E-state index in [9.17, 15) is 9.59 Å². The molecule has 0 spiro atoms. The molecule has 2 aromatic rings. The Labute approximate surface area is 158 Å². The van der Waals surface area contributed by atoms with Crippen molar-refractivity contribution >= 4 is 23.2 Å². The summed E-state index contributed by atoms with van der Waals surface area (Å²) in [6.07, 6.45) is 0. The van der Waals surface area contributed by atoms with Crippen LogP contribution in [0.2, 0.25) is 0 Å². The first-order chi connectivity index (χ1) is 13.1. The van der Waals surface area contributed by atoms with Gasteiger partial charge in [0.2, 0.25) is 0 Å². The smallest absolute Gasteiger partial charge is 0.255 e. The maximum atomic E-state index is 12.5. The van der Waals surface area contributed by atoms with Gasteiger partial charge in [0.05, 0.1) is 24.5 Å². The standard InChI is InChI=1S/C20H24N4O3/c21-16-7-5-15(6-8-16)19(25)23-18-4-2-1-3-17(18)20(26)22-9-10-24-11-13-27-14-12-24/h1-8H,9-14,21H2,(H,22,26)(H,23,25). The third-order valence-corrected chi connectivity index (χ3v) is 4.41. The molecule has 0 aliphatic carbocycles. The van der Waals surface area contributed by atoms with Crippen molar-refractivity contribution in [2.75, 3.05) is 50.4 Å². The van der Waals surface area contributed by atoms with Crippen molar-refractivity contribution in [3.63, 3.8) is 0 Å². The Hall–Kier alpha value is -2.90. The van der Waals surface area contributed by atoms with Gasteiger partial charge in [-0.2, -0.15) is 0 Å². The lowest BCUT2D eigenvalue weighted by molar-refractivity contribution is 0.0383. The first-order valence-electron chi connectivity index (χ1n) is 8.98. The normalized spacial score (nSPS) is 14.5. The number of nitrogens with one attached hydrogen (secondary N) is 2. The molecular formula is C20H24N4O3. The summed E-state index contributed by atoms with van der Waals surface area (Å²) in [5, 5.41) is 5.72. The molecule has 7 heteroatoms. The van der Waals surface area contributed by atoms with Gasteiger partial charge in [-0.1, -0.05) is 12.1 Å². The molecule has 4 N–H and O–H groups in total. The number of carbonyl (C=O) groups is 2. The van der Waals surface area contributed by atoms with Gasteiger partial charge in [0.1, 0.15) is 0 Å². The summed E-state index contributed by atoms with van der Waals surface area (Å²) in [6.45, 7) is 4.53. The summed E-state index contributed by atoms with van der Waals surface area (Å²) < 4.78 is 5.32. The lowest BCUT2D eigenvalue weighted by Gasteiger charge is -2.26. The molecule has 1 aliphatic rings. The highest BCUT2D eigenvalue weighted by molar-refractivity contribution is 6.09. The minimum atomic E-state index is -0.288. The fraction of sp³-hybridized carbons (Fsp3) is 0.300. The lowest BCUT2D eigenvalue weighted by atomic mass is 10.1. The number of carbonyl (C=O) groups excluding carboxylic acids is 2. The molecule has 1 saturated heterocycles. The molecule has 7 nitrogen and oxygen atoms in total. The van der Waals surface area contributed by atoms with Crippen LogP contribution < -0.4 is 16.4 Å². The Kier molecular flexibility index (Phi) is 6.40. The van der Waals surface area contributed by atoms with Crippen LogP contribution in [0.4, 0.5) is 11.4 Å². The quantitative estimate of drug-likeness (QED) is 0.673. The van der Waals surface area contributed by atoms with Crippen LogP contribution in [-0.2, 0) is 4.74 Å². The van der Waals surface area contributed by atoms with Crippen molar-refractivity contribution in [1.82, 2.24) is 10.2 Å². The van der Waals surface area contributed by atoms with Gasteiger partial charge in [-0.15, -0.1) is 0 Å². The lowest BCUT2D eigenvalue weighted by Crippen LogP contribution is -2.41. The van der Waals surface area contributed by atoms with Gasteiger partial charge < -0.3 is 21.1 Å². The molecule has 27 heavy (non-hydrogen) atoms. The Bertz CT molecular complexity index is 786. The van der Waals surface area contributed by atoms with E-state index in [1.54, 1.807) is 48.5 Å². The summed E-state index contributed by atoms with van der Waals surface area (Å²) in [4.78, 5) is 27.2. The molecule has 1 aliphatic heterocycles. The summed E-state index contributed by atoms with van der Waals surface area (Å²) in [6, 6.07) is 13.6.